The van der Waals surface area contributed by atoms with E-state index in [4.69, 9.17) is 16.9 Å². The molecule has 3 aromatic carbocycles. The van der Waals surface area contributed by atoms with E-state index in [-0.39, 0.29) is 16.3 Å². The zero-order chi connectivity index (χ0) is 24.7. The summed E-state index contributed by atoms with van der Waals surface area (Å²) in [4.78, 5) is 42.3. The van der Waals surface area contributed by atoms with Crippen LogP contribution in [0.5, 0.6) is 0 Å². The van der Waals surface area contributed by atoms with Crippen LogP contribution in [0, 0.1) is 11.3 Å². The molecule has 170 valence electrons. The highest BCUT2D eigenvalue weighted by molar-refractivity contribution is 9.08. The van der Waals surface area contributed by atoms with Crippen LogP contribution in [-0.4, -0.2) is 17.6 Å². The predicted octanol–water partition coefficient (Wildman–Crippen LogP) is 6.87. The molecule has 1 aliphatic rings. The number of rotatable bonds is 5. The Hall–Kier alpha value is -3.57. The van der Waals surface area contributed by atoms with Crippen LogP contribution >= 0.6 is 38.9 Å². The van der Waals surface area contributed by atoms with Gasteiger partial charge in [0.2, 0.25) is 0 Å². The third-order valence-electron chi connectivity index (χ3n) is 5.73. The Balaban J connectivity index is 1.74. The summed E-state index contributed by atoms with van der Waals surface area (Å²) in [6.45, 7) is 0. The Morgan fingerprint density at radius 1 is 0.943 bits per heavy atom. The van der Waals surface area contributed by atoms with Crippen LogP contribution in [0.3, 0.4) is 0 Å². The van der Waals surface area contributed by atoms with Crippen molar-refractivity contribution in [3.63, 3.8) is 0 Å². The summed E-state index contributed by atoms with van der Waals surface area (Å²) in [5.41, 5.74) is 3.21. The summed E-state index contributed by atoms with van der Waals surface area (Å²) in [7, 11) is 0. The van der Waals surface area contributed by atoms with E-state index in [1.165, 1.54) is 11.3 Å². The van der Waals surface area contributed by atoms with Crippen LogP contribution in [0.15, 0.2) is 72.8 Å². The molecular weight excluding hydrogens is 548 g/mol. The average Bonchev–Trinajstić information content (AvgIpc) is 3.39. The van der Waals surface area contributed by atoms with E-state index in [0.717, 1.165) is 15.3 Å². The fraction of sp³-hybridized carbons (Fsp3) is 0.0370. The molecular formula is C27H14BrClN2O3S. The maximum absolute atomic E-state index is 13.8. The largest absolute Gasteiger partial charge is 0.288 e. The second-order valence-corrected chi connectivity index (χ2v) is 9.74. The van der Waals surface area contributed by atoms with Crippen molar-refractivity contribution in [3.05, 3.63) is 111 Å². The summed E-state index contributed by atoms with van der Waals surface area (Å²) >= 11 is 10.7. The molecule has 1 aliphatic heterocycles. The summed E-state index contributed by atoms with van der Waals surface area (Å²) in [6.07, 6.45) is 0. The number of nitrogens with zero attached hydrogens (tertiary/aromatic N) is 2. The SMILES string of the molecule is N#Cc1ccc(-c2sc(N3C(=O)c4ccccc4C3=O)c(C(=O)c3ccc(Cl)cc3)c2CBr)cc1. The number of amides is 2. The molecule has 35 heavy (non-hydrogen) atoms. The van der Waals surface area contributed by atoms with Gasteiger partial charge in [-0.1, -0.05) is 51.8 Å². The van der Waals surface area contributed by atoms with E-state index in [9.17, 15) is 14.4 Å². The van der Waals surface area contributed by atoms with Gasteiger partial charge < -0.3 is 0 Å². The minimum Gasteiger partial charge on any atom is -0.288 e. The molecule has 0 bridgehead atoms. The first-order valence-corrected chi connectivity index (χ1v) is 12.8. The monoisotopic (exact) mass is 560 g/mol. The van der Waals surface area contributed by atoms with Gasteiger partial charge in [0.05, 0.1) is 28.3 Å². The molecule has 0 N–H and O–H groups in total. The van der Waals surface area contributed by atoms with Gasteiger partial charge in [-0.25, -0.2) is 4.90 Å². The minimum atomic E-state index is -0.468. The molecule has 0 radical (unpaired) electrons. The highest BCUT2D eigenvalue weighted by atomic mass is 79.9. The van der Waals surface area contributed by atoms with E-state index in [1.807, 2.05) is 0 Å². The number of hydrogen-bond donors (Lipinski definition) is 0. The zero-order valence-corrected chi connectivity index (χ0v) is 21.1. The molecule has 0 aliphatic carbocycles. The highest BCUT2D eigenvalue weighted by Crippen LogP contribution is 2.46. The molecule has 5 nitrogen and oxygen atoms in total. The van der Waals surface area contributed by atoms with Gasteiger partial charge in [0.1, 0.15) is 5.00 Å². The average molecular weight is 562 g/mol. The maximum atomic E-state index is 13.8. The van der Waals surface area contributed by atoms with Crippen molar-refractivity contribution in [2.24, 2.45) is 0 Å². The van der Waals surface area contributed by atoms with Gasteiger partial charge in [-0.15, -0.1) is 11.3 Å². The Bertz CT molecular complexity index is 1520. The van der Waals surface area contributed by atoms with Crippen LogP contribution in [0.25, 0.3) is 10.4 Å². The molecule has 0 unspecified atom stereocenters. The number of alkyl halides is 1. The number of thiophene rings is 1. The summed E-state index contributed by atoms with van der Waals surface area (Å²) in [6, 6.07) is 22.2. The second-order valence-electron chi connectivity index (χ2n) is 7.74. The number of anilines is 1. The molecule has 1 aromatic heterocycles. The first-order chi connectivity index (χ1) is 16.9. The van der Waals surface area contributed by atoms with Crippen LogP contribution < -0.4 is 4.90 Å². The molecule has 0 saturated carbocycles. The van der Waals surface area contributed by atoms with Gasteiger partial charge in [-0.3, -0.25) is 14.4 Å². The fourth-order valence-corrected chi connectivity index (χ4v) is 6.21. The Labute approximate surface area is 218 Å². The highest BCUT2D eigenvalue weighted by Gasteiger charge is 2.40. The lowest BCUT2D eigenvalue weighted by Gasteiger charge is -2.14. The smallest absolute Gasteiger partial charge is 0.266 e. The number of fused-ring (bicyclic) bond motifs is 1. The summed E-state index contributed by atoms with van der Waals surface area (Å²) in [5, 5.41) is 10.2. The third-order valence-corrected chi connectivity index (χ3v) is 7.81. The van der Waals surface area contributed by atoms with E-state index in [0.29, 0.717) is 38.2 Å². The van der Waals surface area contributed by atoms with Gasteiger partial charge in [-0.05, 0) is 59.7 Å². The molecule has 0 spiro atoms. The molecule has 0 saturated heterocycles. The summed E-state index contributed by atoms with van der Waals surface area (Å²) < 4.78 is 0. The van der Waals surface area contributed by atoms with Crippen LogP contribution in [0.4, 0.5) is 5.00 Å². The molecule has 8 heteroatoms. The lowest BCUT2D eigenvalue weighted by atomic mass is 9.98. The first-order valence-electron chi connectivity index (χ1n) is 10.4. The number of ketones is 1. The van der Waals surface area contributed by atoms with Crippen molar-refractivity contribution in [2.75, 3.05) is 4.90 Å². The Morgan fingerprint density at radius 3 is 2.09 bits per heavy atom. The molecule has 0 atom stereocenters. The fourth-order valence-electron chi connectivity index (χ4n) is 4.02. The lowest BCUT2D eigenvalue weighted by Crippen LogP contribution is -2.30. The second kappa shape index (κ2) is 9.23. The predicted molar refractivity (Wildman–Crippen MR) is 140 cm³/mol. The van der Waals surface area contributed by atoms with E-state index in [2.05, 4.69) is 22.0 Å². The standard InChI is InChI=1S/C27H14BrClN2O3S/c28-13-21-22(23(32)16-9-11-18(29)12-10-16)27(35-24(21)17-7-5-15(14-30)6-8-17)31-25(33)19-3-1-2-4-20(19)26(31)34/h1-12H,13H2. The minimum absolute atomic E-state index is 0.268. The Kier molecular flexibility index (Phi) is 6.12. The number of benzene rings is 3. The van der Waals surface area contributed by atoms with Crippen LogP contribution in [-0.2, 0) is 5.33 Å². The summed E-state index contributed by atoms with van der Waals surface area (Å²) in [5.74, 6) is -1.26. The molecule has 0 fully saturated rings. The zero-order valence-electron chi connectivity index (χ0n) is 17.9. The Morgan fingerprint density at radius 2 is 1.54 bits per heavy atom. The van der Waals surface area contributed by atoms with Crippen LogP contribution in [0.2, 0.25) is 5.02 Å². The number of halogens is 2. The van der Waals surface area contributed by atoms with Crippen molar-refractivity contribution in [1.29, 1.82) is 5.26 Å². The quantitative estimate of drug-likeness (QED) is 0.151. The van der Waals surface area contributed by atoms with Crippen molar-refractivity contribution in [1.82, 2.24) is 0 Å². The van der Waals surface area contributed by atoms with Gasteiger partial charge in [0.15, 0.2) is 5.78 Å². The number of hydrogen-bond acceptors (Lipinski definition) is 5. The molecule has 2 amide bonds. The van der Waals surface area contributed by atoms with Gasteiger partial charge >= 0.3 is 0 Å². The topological polar surface area (TPSA) is 78.2 Å². The van der Waals surface area contributed by atoms with Crippen molar-refractivity contribution < 1.29 is 14.4 Å². The van der Waals surface area contributed by atoms with Gasteiger partial charge in [0.25, 0.3) is 11.8 Å². The van der Waals surface area contributed by atoms with Crippen LogP contribution in [0.1, 0.15) is 47.8 Å². The third kappa shape index (κ3) is 3.90. The molecule has 2 heterocycles. The first kappa shape index (κ1) is 23.2. The number of carbonyl (C=O) groups excluding carboxylic acids is 3. The lowest BCUT2D eigenvalue weighted by molar-refractivity contribution is 0.0927. The normalized spacial score (nSPS) is 12.5. The number of nitriles is 1. The number of imide groups is 1. The van der Waals surface area contributed by atoms with Gasteiger partial charge in [-0.2, -0.15) is 5.26 Å². The maximum Gasteiger partial charge on any atom is 0.266 e. The van der Waals surface area contributed by atoms with E-state index < -0.39 is 11.8 Å². The molecule has 5 rings (SSSR count). The van der Waals surface area contributed by atoms with Crippen molar-refractivity contribution in [2.45, 2.75) is 5.33 Å². The van der Waals surface area contributed by atoms with E-state index >= 15 is 0 Å². The van der Waals surface area contributed by atoms with Gasteiger partial charge in [0, 0.05) is 20.8 Å². The van der Waals surface area contributed by atoms with Crippen molar-refractivity contribution in [3.8, 4) is 16.5 Å². The van der Waals surface area contributed by atoms with E-state index in [1.54, 1.807) is 72.8 Å². The molecule has 4 aromatic rings. The number of carbonyl (C=O) groups is 3. The van der Waals surface area contributed by atoms with Crippen molar-refractivity contribution >= 4 is 61.5 Å².